The zero-order valence-corrected chi connectivity index (χ0v) is 11.4. The van der Waals surface area contributed by atoms with Gasteiger partial charge >= 0.3 is 0 Å². The Bertz CT molecular complexity index is 344. The summed E-state index contributed by atoms with van der Waals surface area (Å²) in [5, 5.41) is 0. The molecule has 1 rings (SSSR count). The van der Waals surface area contributed by atoms with Crippen molar-refractivity contribution in [2.45, 2.75) is 13.8 Å². The summed E-state index contributed by atoms with van der Waals surface area (Å²) < 4.78 is 1.99. The third-order valence-corrected chi connectivity index (χ3v) is 1.84. The van der Waals surface area contributed by atoms with Crippen molar-refractivity contribution in [3.05, 3.63) is 29.6 Å². The van der Waals surface area contributed by atoms with Gasteiger partial charge in [0, 0.05) is 27.2 Å². The predicted molar refractivity (Wildman–Crippen MR) is 56.9 cm³/mol. The number of rotatable bonds is 2. The molecule has 0 saturated carbocycles. The minimum atomic E-state index is 0. The Morgan fingerprint density at radius 2 is 2.14 bits per heavy atom. The van der Waals surface area contributed by atoms with Crippen LogP contribution < -0.4 is 0 Å². The molecule has 1 aromatic heterocycles. The van der Waals surface area contributed by atoms with Gasteiger partial charge in [-0.15, -0.1) is 11.1 Å². The van der Waals surface area contributed by atoms with Gasteiger partial charge in [-0.3, -0.25) is 0 Å². The van der Waals surface area contributed by atoms with Crippen LogP contribution in [0.4, 0.5) is 0 Å². The molecule has 79 valence electrons. The fraction of sp³-hybridized carbons (Fsp3) is 0.364. The summed E-state index contributed by atoms with van der Waals surface area (Å²) in [6, 6.07) is 3.19. The van der Waals surface area contributed by atoms with E-state index >= 15 is 0 Å². The van der Waals surface area contributed by atoms with Crippen molar-refractivity contribution in [2.75, 3.05) is 7.05 Å². The van der Waals surface area contributed by atoms with Gasteiger partial charge in [0.05, 0.1) is 0 Å². The van der Waals surface area contributed by atoms with Gasteiger partial charge in [-0.1, -0.05) is 26.2 Å². The number of hydrogen-bond acceptors (Lipinski definition) is 1. The van der Waals surface area contributed by atoms with Gasteiger partial charge in [0.15, 0.2) is 0 Å². The molecule has 0 unspecified atom stereocenters. The molecule has 3 heteroatoms. The minimum Gasteiger partial charge on any atom is -0.420 e. The van der Waals surface area contributed by atoms with Crippen molar-refractivity contribution >= 4 is 11.8 Å². The van der Waals surface area contributed by atoms with E-state index in [1.165, 1.54) is 5.57 Å². The molecule has 0 aliphatic carbocycles. The Morgan fingerprint density at radius 1 is 1.50 bits per heavy atom. The van der Waals surface area contributed by atoms with E-state index in [4.69, 9.17) is 0 Å². The van der Waals surface area contributed by atoms with Gasteiger partial charge < -0.3 is 9.56 Å². The largest absolute Gasteiger partial charge is 0.420 e. The molecule has 0 saturated heterocycles. The average molecular weight is 367 g/mol. The van der Waals surface area contributed by atoms with Crippen LogP contribution in [0.1, 0.15) is 19.4 Å². The number of allylic oxidation sites excluding steroid dienone is 2. The van der Waals surface area contributed by atoms with E-state index in [1.807, 2.05) is 30.2 Å². The van der Waals surface area contributed by atoms with Gasteiger partial charge in [-0.2, -0.15) is 11.6 Å². The van der Waals surface area contributed by atoms with Crippen molar-refractivity contribution < 1.29 is 20.1 Å². The number of aliphatic imine (C=N–C) groups is 1. The van der Waals surface area contributed by atoms with Crippen molar-refractivity contribution in [2.24, 2.45) is 12.0 Å². The molecule has 0 bridgehead atoms. The van der Waals surface area contributed by atoms with Gasteiger partial charge in [-0.25, -0.2) is 0 Å². The van der Waals surface area contributed by atoms with Gasteiger partial charge in [0.1, 0.15) is 0 Å². The minimum absolute atomic E-state index is 0. The summed E-state index contributed by atoms with van der Waals surface area (Å²) in [6.45, 7) is 4.16. The van der Waals surface area contributed by atoms with Gasteiger partial charge in [0.25, 0.3) is 0 Å². The Kier molecular flexibility index (Phi) is 5.66. The average Bonchev–Trinajstić information content (AvgIpc) is 2.46. The third-order valence-electron chi connectivity index (χ3n) is 1.84. The molecule has 2 nitrogen and oxygen atoms in total. The molecule has 0 aromatic carbocycles. The van der Waals surface area contributed by atoms with Crippen LogP contribution in [-0.2, 0) is 27.2 Å². The molecule has 0 aliphatic rings. The number of hydrogen-bond donors (Lipinski definition) is 0. The van der Waals surface area contributed by atoms with Crippen LogP contribution in [-0.4, -0.2) is 17.8 Å². The zero-order valence-electron chi connectivity index (χ0n) is 8.96. The molecule has 1 heterocycles. The Labute approximate surface area is 99.1 Å². The first-order valence-electron chi connectivity index (χ1n) is 4.29. The molecular weight excluding hydrogens is 352 g/mol. The van der Waals surface area contributed by atoms with Crippen LogP contribution in [0.3, 0.4) is 0 Å². The van der Waals surface area contributed by atoms with E-state index in [1.54, 1.807) is 7.05 Å². The molecule has 0 amide bonds. The number of nitrogens with zero attached hydrogens (tertiary/aromatic N) is 2. The van der Waals surface area contributed by atoms with Crippen LogP contribution >= 0.6 is 0 Å². The van der Waals surface area contributed by atoms with Gasteiger partial charge in [0.2, 0.25) is 0 Å². The molecule has 14 heavy (non-hydrogen) atoms. The second kappa shape index (κ2) is 5.94. The molecule has 1 radical (unpaired) electrons. The molecule has 0 aliphatic heterocycles. The first kappa shape index (κ1) is 13.3. The van der Waals surface area contributed by atoms with E-state index in [-0.39, 0.29) is 20.1 Å². The second-order valence-electron chi connectivity index (χ2n) is 3.28. The Hall–Kier alpha value is -0.661. The summed E-state index contributed by atoms with van der Waals surface area (Å²) in [4.78, 5) is 4.03. The molecule has 1 aromatic rings. The smallest absolute Gasteiger partial charge is 0.0264 e. The maximum Gasteiger partial charge on any atom is 0.0264 e. The van der Waals surface area contributed by atoms with Crippen molar-refractivity contribution in [1.82, 2.24) is 4.57 Å². The third kappa shape index (κ3) is 3.24. The molecule has 0 fully saturated rings. The van der Waals surface area contributed by atoms with Crippen LogP contribution in [0.2, 0.25) is 0 Å². The van der Waals surface area contributed by atoms with Crippen molar-refractivity contribution in [3.8, 4) is 0 Å². The molecular formula is C11H15IrN2-. The SMILES string of the molecule is CN=CC(=C(C)C)c1[c-]cn(C)c1.[Ir]. The Balaban J connectivity index is 0.00000169. The summed E-state index contributed by atoms with van der Waals surface area (Å²) in [6.07, 6.45) is 5.84. The second-order valence-corrected chi connectivity index (χ2v) is 3.28. The van der Waals surface area contributed by atoms with Crippen LogP contribution in [0.5, 0.6) is 0 Å². The first-order valence-corrected chi connectivity index (χ1v) is 4.29. The van der Waals surface area contributed by atoms with E-state index in [2.05, 4.69) is 24.9 Å². The van der Waals surface area contributed by atoms with E-state index in [9.17, 15) is 0 Å². The summed E-state index contributed by atoms with van der Waals surface area (Å²) in [7, 11) is 3.78. The number of aromatic nitrogens is 1. The standard InChI is InChI=1S/C11H15N2.Ir/c1-9(2)11(7-12-3)10-5-6-13(4)8-10;/h6-8H,1-4H3;/q-1;. The normalized spacial score (nSPS) is 10.0. The molecule has 0 atom stereocenters. The van der Waals surface area contributed by atoms with E-state index < -0.39 is 0 Å². The maximum atomic E-state index is 4.03. The monoisotopic (exact) mass is 368 g/mol. The van der Waals surface area contributed by atoms with Crippen molar-refractivity contribution in [3.63, 3.8) is 0 Å². The van der Waals surface area contributed by atoms with Gasteiger partial charge in [-0.05, 0) is 13.3 Å². The summed E-state index contributed by atoms with van der Waals surface area (Å²) in [5.74, 6) is 0. The maximum absolute atomic E-state index is 4.03. The Morgan fingerprint density at radius 3 is 2.50 bits per heavy atom. The number of aryl methyl sites for hydroxylation is 1. The molecule has 0 spiro atoms. The predicted octanol–water partition coefficient (Wildman–Crippen LogP) is 2.32. The fourth-order valence-electron chi connectivity index (χ4n) is 1.19. The van der Waals surface area contributed by atoms with Crippen molar-refractivity contribution in [1.29, 1.82) is 0 Å². The van der Waals surface area contributed by atoms with Crippen LogP contribution in [0.25, 0.3) is 5.57 Å². The fourth-order valence-corrected chi connectivity index (χ4v) is 1.19. The summed E-state index contributed by atoms with van der Waals surface area (Å²) >= 11 is 0. The van der Waals surface area contributed by atoms with Crippen LogP contribution in [0, 0.1) is 6.07 Å². The quantitative estimate of drug-likeness (QED) is 0.564. The zero-order chi connectivity index (χ0) is 9.84. The van der Waals surface area contributed by atoms with E-state index in [0.717, 1.165) is 11.1 Å². The summed E-state index contributed by atoms with van der Waals surface area (Å²) in [5.41, 5.74) is 3.52. The van der Waals surface area contributed by atoms with E-state index in [0.29, 0.717) is 0 Å². The molecule has 0 N–H and O–H groups in total. The first-order chi connectivity index (χ1) is 6.15. The van der Waals surface area contributed by atoms with Crippen LogP contribution in [0.15, 0.2) is 23.0 Å². The topological polar surface area (TPSA) is 17.3 Å².